The molecule has 4 rings (SSSR count). The van der Waals surface area contributed by atoms with Crippen molar-refractivity contribution in [2.75, 3.05) is 6.61 Å². The minimum absolute atomic E-state index is 0.0744. The molecule has 160 valence electrons. The van der Waals surface area contributed by atoms with E-state index in [0.29, 0.717) is 38.3 Å². The van der Waals surface area contributed by atoms with Crippen molar-refractivity contribution in [1.82, 2.24) is 9.78 Å². The Morgan fingerprint density at radius 3 is 2.57 bits per heavy atom. The Labute approximate surface area is 179 Å². The second kappa shape index (κ2) is 8.79. The third kappa shape index (κ3) is 3.73. The molecule has 0 radical (unpaired) electrons. The predicted molar refractivity (Wildman–Crippen MR) is 117 cm³/mol. The zero-order valence-electron chi connectivity index (χ0n) is 18.3. The van der Waals surface area contributed by atoms with E-state index < -0.39 is 5.41 Å². The number of aromatic nitrogens is 2. The minimum Gasteiger partial charge on any atom is -0.466 e. The van der Waals surface area contributed by atoms with Crippen molar-refractivity contribution in [3.8, 4) is 6.07 Å². The highest BCUT2D eigenvalue weighted by Gasteiger charge is 2.40. The fourth-order valence-electron chi connectivity index (χ4n) is 5.44. The number of rotatable bonds is 5. The highest BCUT2D eigenvalue weighted by atomic mass is 16.5. The highest BCUT2D eigenvalue weighted by Crippen LogP contribution is 2.43. The van der Waals surface area contributed by atoms with Gasteiger partial charge in [-0.05, 0) is 63.5 Å². The van der Waals surface area contributed by atoms with Crippen molar-refractivity contribution in [3.63, 3.8) is 0 Å². The molecule has 1 aromatic carbocycles. The number of benzene rings is 1. The van der Waals surface area contributed by atoms with Gasteiger partial charge in [0, 0.05) is 5.39 Å². The van der Waals surface area contributed by atoms with E-state index in [0.717, 1.165) is 17.7 Å². The summed E-state index contributed by atoms with van der Waals surface area (Å²) < 4.78 is 7.47. The van der Waals surface area contributed by atoms with Gasteiger partial charge in [0.25, 0.3) is 0 Å². The Balaban J connectivity index is 1.67. The van der Waals surface area contributed by atoms with Crippen LogP contribution < -0.4 is 0 Å². The van der Waals surface area contributed by atoms with E-state index in [4.69, 9.17) is 9.84 Å². The third-order valence-electron chi connectivity index (χ3n) is 7.27. The van der Waals surface area contributed by atoms with Crippen LogP contribution in [0, 0.1) is 17.2 Å². The molecule has 5 heteroatoms. The summed E-state index contributed by atoms with van der Waals surface area (Å²) in [5.74, 6) is -0.183. The van der Waals surface area contributed by atoms with Gasteiger partial charge < -0.3 is 4.74 Å². The van der Waals surface area contributed by atoms with Crippen molar-refractivity contribution in [1.29, 1.82) is 5.26 Å². The van der Waals surface area contributed by atoms with Gasteiger partial charge in [-0.15, -0.1) is 0 Å². The number of hydrogen-bond acceptors (Lipinski definition) is 4. The van der Waals surface area contributed by atoms with Gasteiger partial charge in [0.1, 0.15) is 0 Å². The van der Waals surface area contributed by atoms with Crippen LogP contribution in [0.4, 0.5) is 0 Å². The predicted octanol–water partition coefficient (Wildman–Crippen LogP) is 5.62. The van der Waals surface area contributed by atoms with Crippen LogP contribution in [0.5, 0.6) is 0 Å². The second-order valence-corrected chi connectivity index (χ2v) is 8.99. The number of hydrogen-bond donors (Lipinski definition) is 0. The third-order valence-corrected chi connectivity index (χ3v) is 7.27. The smallest absolute Gasteiger partial charge is 0.308 e. The van der Waals surface area contributed by atoms with Crippen molar-refractivity contribution in [2.24, 2.45) is 5.92 Å². The lowest BCUT2D eigenvalue weighted by Crippen LogP contribution is -2.33. The molecule has 1 heterocycles. The topological polar surface area (TPSA) is 67.9 Å². The fraction of sp³-hybridized carbons (Fsp3) is 0.640. The lowest BCUT2D eigenvalue weighted by molar-refractivity contribution is -0.149. The van der Waals surface area contributed by atoms with Gasteiger partial charge >= 0.3 is 5.97 Å². The highest BCUT2D eigenvalue weighted by molar-refractivity contribution is 5.83. The van der Waals surface area contributed by atoms with Gasteiger partial charge in [-0.25, -0.2) is 0 Å². The first kappa shape index (κ1) is 20.9. The molecule has 0 aliphatic heterocycles. The Kier molecular flexibility index (Phi) is 6.13. The molecule has 0 N–H and O–H groups in total. The number of carbonyl (C=O) groups excluding carboxylic acids is 1. The summed E-state index contributed by atoms with van der Waals surface area (Å²) in [5.41, 5.74) is 2.89. The summed E-state index contributed by atoms with van der Waals surface area (Å²) in [7, 11) is 0. The van der Waals surface area contributed by atoms with Crippen LogP contribution in [0.25, 0.3) is 10.9 Å². The van der Waals surface area contributed by atoms with Crippen LogP contribution in [0.15, 0.2) is 18.2 Å². The minimum atomic E-state index is -0.523. The van der Waals surface area contributed by atoms with E-state index >= 15 is 0 Å². The number of fused-ring (bicyclic) bond motifs is 1. The molecule has 2 aliphatic rings. The zero-order chi connectivity index (χ0) is 21.1. The first-order chi connectivity index (χ1) is 14.6. The summed E-state index contributed by atoms with van der Waals surface area (Å²) >= 11 is 0. The number of esters is 1. The van der Waals surface area contributed by atoms with Gasteiger partial charge in [-0.1, -0.05) is 38.3 Å². The largest absolute Gasteiger partial charge is 0.466 e. The second-order valence-electron chi connectivity index (χ2n) is 8.99. The number of nitrogens with zero attached hydrogens (tertiary/aromatic N) is 3. The summed E-state index contributed by atoms with van der Waals surface area (Å²) in [6, 6.07) is 9.62. The Morgan fingerprint density at radius 2 is 1.93 bits per heavy atom. The van der Waals surface area contributed by atoms with Crippen LogP contribution in [0.1, 0.15) is 88.9 Å². The Hall–Kier alpha value is -2.35. The van der Waals surface area contributed by atoms with Crippen LogP contribution in [0.2, 0.25) is 0 Å². The molecule has 2 saturated carbocycles. The quantitative estimate of drug-likeness (QED) is 0.603. The van der Waals surface area contributed by atoms with Crippen molar-refractivity contribution < 1.29 is 9.53 Å². The van der Waals surface area contributed by atoms with Gasteiger partial charge in [0.15, 0.2) is 0 Å². The SMILES string of the molecule is CCOC(=O)[C@H]1CC[C@](C#N)(c2ccc3c(CC)nn(C4CCCCC4)c3c2)CC1. The molecule has 0 atom stereocenters. The summed E-state index contributed by atoms with van der Waals surface area (Å²) in [6.07, 6.45) is 9.99. The fourth-order valence-corrected chi connectivity index (χ4v) is 5.44. The maximum atomic E-state index is 12.1. The number of nitriles is 1. The first-order valence-electron chi connectivity index (χ1n) is 11.7. The number of carbonyl (C=O) groups is 1. The van der Waals surface area contributed by atoms with Crippen LogP contribution in [-0.4, -0.2) is 22.4 Å². The van der Waals surface area contributed by atoms with Gasteiger partial charge in [-0.3, -0.25) is 9.48 Å². The normalized spacial score (nSPS) is 25.2. The summed E-state index contributed by atoms with van der Waals surface area (Å²) in [4.78, 5) is 12.1. The molecule has 0 unspecified atom stereocenters. The molecule has 2 aromatic rings. The first-order valence-corrected chi connectivity index (χ1v) is 11.7. The van der Waals surface area contributed by atoms with E-state index in [1.807, 2.05) is 6.92 Å². The van der Waals surface area contributed by atoms with E-state index in [1.54, 1.807) is 0 Å². The van der Waals surface area contributed by atoms with Crippen LogP contribution in [-0.2, 0) is 21.4 Å². The van der Waals surface area contributed by atoms with Gasteiger partial charge in [-0.2, -0.15) is 10.4 Å². The molecule has 30 heavy (non-hydrogen) atoms. The lowest BCUT2D eigenvalue weighted by atomic mass is 9.67. The summed E-state index contributed by atoms with van der Waals surface area (Å²) in [5, 5.41) is 16.4. The molecule has 0 spiro atoms. The molecule has 0 bridgehead atoms. The lowest BCUT2D eigenvalue weighted by Gasteiger charge is -2.34. The van der Waals surface area contributed by atoms with Crippen LogP contribution in [0.3, 0.4) is 0 Å². The number of ether oxygens (including phenoxy) is 1. The van der Waals surface area contributed by atoms with E-state index in [-0.39, 0.29) is 11.9 Å². The van der Waals surface area contributed by atoms with E-state index in [9.17, 15) is 10.1 Å². The van der Waals surface area contributed by atoms with Crippen molar-refractivity contribution in [2.45, 2.75) is 89.5 Å². The molecular weight excluding hydrogens is 374 g/mol. The number of aryl methyl sites for hydroxylation is 1. The molecule has 2 aliphatic carbocycles. The molecular formula is C25H33N3O2. The summed E-state index contributed by atoms with van der Waals surface area (Å²) in [6.45, 7) is 4.42. The van der Waals surface area contributed by atoms with Gasteiger partial charge in [0.2, 0.25) is 0 Å². The van der Waals surface area contributed by atoms with E-state index in [1.165, 1.54) is 43.0 Å². The molecule has 5 nitrogen and oxygen atoms in total. The average molecular weight is 408 g/mol. The maximum Gasteiger partial charge on any atom is 0.308 e. The van der Waals surface area contributed by atoms with Gasteiger partial charge in [0.05, 0.1) is 41.3 Å². The molecule has 0 amide bonds. The standard InChI is InChI=1S/C25H33N3O2/c1-3-22-21-11-10-19(16-23(21)28(27-22)20-8-6-5-7-9-20)25(17-26)14-12-18(13-15-25)24(29)30-4-2/h10-11,16,18,20H,3-9,12-15H2,1-2H3/t18-,25-. The Morgan fingerprint density at radius 1 is 1.20 bits per heavy atom. The van der Waals surface area contributed by atoms with Crippen molar-refractivity contribution >= 4 is 16.9 Å². The maximum absolute atomic E-state index is 12.1. The average Bonchev–Trinajstić information content (AvgIpc) is 3.18. The Bertz CT molecular complexity index is 941. The molecule has 0 saturated heterocycles. The monoisotopic (exact) mass is 407 g/mol. The van der Waals surface area contributed by atoms with Crippen molar-refractivity contribution in [3.05, 3.63) is 29.5 Å². The van der Waals surface area contributed by atoms with E-state index in [2.05, 4.69) is 35.9 Å². The zero-order valence-corrected chi connectivity index (χ0v) is 18.3. The van der Waals surface area contributed by atoms with Crippen LogP contribution >= 0.6 is 0 Å². The molecule has 1 aromatic heterocycles. The molecule has 2 fully saturated rings.